The van der Waals surface area contributed by atoms with Gasteiger partial charge in [0.1, 0.15) is 35.9 Å². The largest absolute Gasteiger partial charge is 0.490 e. The van der Waals surface area contributed by atoms with Gasteiger partial charge in [-0.1, -0.05) is 24.3 Å². The maximum Gasteiger partial charge on any atom is 0.127 e. The summed E-state index contributed by atoms with van der Waals surface area (Å²) in [6.45, 7) is 14.5. The Morgan fingerprint density at radius 3 is 2.07 bits per heavy atom. The van der Waals surface area contributed by atoms with Gasteiger partial charge in [-0.2, -0.15) is 0 Å². The minimum atomic E-state index is -0.163. The molecule has 2 aliphatic rings. The Hall–Kier alpha value is -2.56. The van der Waals surface area contributed by atoms with Crippen molar-refractivity contribution in [1.82, 2.24) is 0 Å². The van der Waals surface area contributed by atoms with Gasteiger partial charge in [0.15, 0.2) is 0 Å². The lowest BCUT2D eigenvalue weighted by Crippen LogP contribution is -2.17. The van der Waals surface area contributed by atoms with Crippen LogP contribution < -0.4 is 9.47 Å². The Labute approximate surface area is 179 Å². The Morgan fingerprint density at radius 1 is 0.867 bits per heavy atom. The number of epoxide rings is 2. The Kier molecular flexibility index (Phi) is 5.72. The summed E-state index contributed by atoms with van der Waals surface area (Å²) >= 11 is 0. The lowest BCUT2D eigenvalue weighted by Gasteiger charge is -2.17. The molecule has 2 aromatic carbocycles. The molecular formula is C26H30O4. The van der Waals surface area contributed by atoms with Gasteiger partial charge in [-0.15, -0.1) is 13.2 Å². The molecule has 2 saturated heterocycles. The number of hydrogen-bond donors (Lipinski definition) is 0. The zero-order valence-corrected chi connectivity index (χ0v) is 17.9. The van der Waals surface area contributed by atoms with Crippen LogP contribution in [0.25, 0.3) is 11.1 Å². The zero-order valence-electron chi connectivity index (χ0n) is 17.9. The number of benzene rings is 2. The van der Waals surface area contributed by atoms with Gasteiger partial charge >= 0.3 is 0 Å². The van der Waals surface area contributed by atoms with Crippen LogP contribution in [0.3, 0.4) is 0 Å². The molecule has 2 aromatic rings. The molecule has 0 bridgehead atoms. The average Bonchev–Trinajstić information content (AvgIpc) is 3.66. The van der Waals surface area contributed by atoms with Crippen LogP contribution in [-0.2, 0) is 22.3 Å². The Morgan fingerprint density at radius 2 is 1.47 bits per heavy atom. The van der Waals surface area contributed by atoms with E-state index in [4.69, 9.17) is 18.9 Å². The molecule has 0 N–H and O–H groups in total. The molecule has 0 saturated carbocycles. The van der Waals surface area contributed by atoms with E-state index in [0.717, 1.165) is 54.2 Å². The summed E-state index contributed by atoms with van der Waals surface area (Å²) in [6, 6.07) is 12.6. The van der Waals surface area contributed by atoms with Crippen LogP contribution in [0, 0.1) is 0 Å². The van der Waals surface area contributed by atoms with Crippen LogP contribution in [-0.4, -0.2) is 37.6 Å². The normalized spacial score (nSPS) is 24.2. The molecule has 0 amide bonds. The van der Waals surface area contributed by atoms with Crippen LogP contribution in [0.4, 0.5) is 0 Å². The van der Waals surface area contributed by atoms with Gasteiger partial charge < -0.3 is 18.9 Å². The van der Waals surface area contributed by atoms with E-state index >= 15 is 0 Å². The van der Waals surface area contributed by atoms with E-state index in [9.17, 15) is 0 Å². The minimum Gasteiger partial charge on any atom is -0.490 e. The maximum absolute atomic E-state index is 6.16. The molecule has 2 heterocycles. The van der Waals surface area contributed by atoms with Crippen LogP contribution in [0.2, 0.25) is 0 Å². The highest BCUT2D eigenvalue weighted by atomic mass is 16.6. The quantitative estimate of drug-likeness (QED) is 0.383. The first-order chi connectivity index (χ1) is 14.4. The van der Waals surface area contributed by atoms with Gasteiger partial charge in [0.25, 0.3) is 0 Å². The smallest absolute Gasteiger partial charge is 0.127 e. The molecule has 0 aromatic heterocycles. The van der Waals surface area contributed by atoms with E-state index in [2.05, 4.69) is 51.3 Å². The second kappa shape index (κ2) is 8.29. The highest BCUT2D eigenvalue weighted by Gasteiger charge is 2.41. The molecule has 2 atom stereocenters. The van der Waals surface area contributed by atoms with Gasteiger partial charge in [-0.3, -0.25) is 0 Å². The van der Waals surface area contributed by atoms with E-state index in [-0.39, 0.29) is 11.2 Å². The van der Waals surface area contributed by atoms with E-state index in [0.29, 0.717) is 13.2 Å². The fourth-order valence-electron chi connectivity index (χ4n) is 3.30. The number of rotatable bonds is 11. The minimum absolute atomic E-state index is 0.148. The van der Waals surface area contributed by atoms with Crippen molar-refractivity contribution in [2.75, 3.05) is 26.4 Å². The first-order valence-corrected chi connectivity index (χ1v) is 10.5. The lowest BCUT2D eigenvalue weighted by atomic mass is 9.97. The molecule has 4 rings (SSSR count). The molecule has 0 radical (unpaired) electrons. The zero-order chi connectivity index (χ0) is 21.2. The molecule has 0 aliphatic carbocycles. The lowest BCUT2D eigenvalue weighted by molar-refractivity contribution is 0.201. The van der Waals surface area contributed by atoms with Gasteiger partial charge in [-0.25, -0.2) is 0 Å². The number of ether oxygens (including phenoxy) is 4. The molecule has 30 heavy (non-hydrogen) atoms. The third-order valence-corrected chi connectivity index (χ3v) is 5.50. The highest BCUT2D eigenvalue weighted by Crippen LogP contribution is 2.37. The van der Waals surface area contributed by atoms with Gasteiger partial charge in [0.05, 0.1) is 13.2 Å². The van der Waals surface area contributed by atoms with Crippen molar-refractivity contribution in [3.8, 4) is 22.6 Å². The summed E-state index contributed by atoms with van der Waals surface area (Å²) in [6.07, 6.45) is 5.36. The van der Waals surface area contributed by atoms with E-state index in [1.54, 1.807) is 0 Å². The van der Waals surface area contributed by atoms with Crippen LogP contribution in [0.5, 0.6) is 11.5 Å². The first kappa shape index (κ1) is 20.7. The van der Waals surface area contributed by atoms with Crippen molar-refractivity contribution in [2.45, 2.75) is 37.9 Å². The maximum atomic E-state index is 6.16. The van der Waals surface area contributed by atoms with E-state index < -0.39 is 0 Å². The fraction of sp³-hybridized carbons (Fsp3) is 0.385. The molecule has 2 unspecified atom stereocenters. The molecule has 4 nitrogen and oxygen atoms in total. The Bertz CT molecular complexity index is 938. The number of allylic oxidation sites excluding steroid dienone is 2. The fourth-order valence-corrected chi connectivity index (χ4v) is 3.30. The van der Waals surface area contributed by atoms with Crippen LogP contribution >= 0.6 is 0 Å². The third-order valence-electron chi connectivity index (χ3n) is 5.50. The predicted octanol–water partition coefficient (Wildman–Crippen LogP) is 5.15. The molecule has 0 spiro atoms. The number of hydrogen-bond acceptors (Lipinski definition) is 4. The summed E-state index contributed by atoms with van der Waals surface area (Å²) in [7, 11) is 0. The summed E-state index contributed by atoms with van der Waals surface area (Å²) in [4.78, 5) is 0. The molecule has 158 valence electrons. The van der Waals surface area contributed by atoms with E-state index in [1.165, 1.54) is 5.56 Å². The molecule has 2 fully saturated rings. The van der Waals surface area contributed by atoms with Crippen molar-refractivity contribution in [3.05, 3.63) is 72.8 Å². The first-order valence-electron chi connectivity index (χ1n) is 10.5. The topological polar surface area (TPSA) is 43.5 Å². The summed E-state index contributed by atoms with van der Waals surface area (Å²) in [5.74, 6) is 1.73. The van der Waals surface area contributed by atoms with Gasteiger partial charge in [0, 0.05) is 5.56 Å². The second-order valence-electron chi connectivity index (χ2n) is 8.69. The highest BCUT2D eigenvalue weighted by molar-refractivity contribution is 5.73. The summed E-state index contributed by atoms with van der Waals surface area (Å²) < 4.78 is 23.1. The van der Waals surface area contributed by atoms with Crippen molar-refractivity contribution >= 4 is 0 Å². The Balaban J connectivity index is 1.64. The third kappa shape index (κ3) is 4.94. The SMILES string of the molecule is C=CCc1ccc(OCC2(C)CO2)c(-c2ccc(OCC3(C)CO3)c(CC=C)c2)c1. The monoisotopic (exact) mass is 406 g/mol. The molecular weight excluding hydrogens is 376 g/mol. The average molecular weight is 407 g/mol. The standard InChI is InChI=1S/C26H30O4/c1-5-7-19-9-11-24(28-16-26(4)18-30-26)22(13-19)20-10-12-23(21(14-20)8-6-2)27-15-25(3)17-29-25/h5-6,9-14H,1-2,7-8,15-18H2,3-4H3. The second-order valence-corrected chi connectivity index (χ2v) is 8.69. The summed E-state index contributed by atoms with van der Waals surface area (Å²) in [5, 5.41) is 0. The van der Waals surface area contributed by atoms with E-state index in [1.807, 2.05) is 24.3 Å². The predicted molar refractivity (Wildman–Crippen MR) is 119 cm³/mol. The van der Waals surface area contributed by atoms with Crippen LogP contribution in [0.15, 0.2) is 61.7 Å². The van der Waals surface area contributed by atoms with Crippen molar-refractivity contribution in [3.63, 3.8) is 0 Å². The van der Waals surface area contributed by atoms with Gasteiger partial charge in [0.2, 0.25) is 0 Å². The van der Waals surface area contributed by atoms with Crippen molar-refractivity contribution < 1.29 is 18.9 Å². The molecule has 2 aliphatic heterocycles. The molecule has 4 heteroatoms. The van der Waals surface area contributed by atoms with Crippen LogP contribution in [0.1, 0.15) is 25.0 Å². The van der Waals surface area contributed by atoms with Crippen molar-refractivity contribution in [1.29, 1.82) is 0 Å². The summed E-state index contributed by atoms with van der Waals surface area (Å²) in [5.41, 5.74) is 4.15. The van der Waals surface area contributed by atoms with Gasteiger partial charge in [-0.05, 0) is 67.6 Å². The van der Waals surface area contributed by atoms with Crippen molar-refractivity contribution in [2.24, 2.45) is 0 Å².